The van der Waals surface area contributed by atoms with Gasteiger partial charge in [0, 0.05) is 12.1 Å². The van der Waals surface area contributed by atoms with Crippen LogP contribution in [0, 0.1) is 0 Å². The van der Waals surface area contributed by atoms with Crippen LogP contribution in [0.4, 0.5) is 5.69 Å². The fourth-order valence-electron chi connectivity index (χ4n) is 3.46. The van der Waals surface area contributed by atoms with Crippen LogP contribution >= 0.6 is 0 Å². The molecule has 2 aromatic carbocycles. The first-order chi connectivity index (χ1) is 12.5. The minimum atomic E-state index is -0.978. The number of nitrogen functional groups attached to an aromatic ring is 1. The number of fused-ring (bicyclic) bond motifs is 1. The molecule has 0 aliphatic carbocycles. The van der Waals surface area contributed by atoms with Gasteiger partial charge in [-0.25, -0.2) is 0 Å². The van der Waals surface area contributed by atoms with Crippen LogP contribution in [0.25, 0.3) is 11.1 Å². The molecule has 2 aromatic rings. The fraction of sp³-hybridized carbons (Fsp3) is 0.158. The van der Waals surface area contributed by atoms with E-state index < -0.39 is 29.7 Å². The Morgan fingerprint density at radius 1 is 0.962 bits per heavy atom. The summed E-state index contributed by atoms with van der Waals surface area (Å²) in [5, 5.41) is 2.19. The summed E-state index contributed by atoms with van der Waals surface area (Å²) in [5.41, 5.74) is 8.18. The summed E-state index contributed by atoms with van der Waals surface area (Å²) in [6.45, 7) is 0. The zero-order valence-corrected chi connectivity index (χ0v) is 13.7. The number of nitrogens with zero attached hydrogens (tertiary/aromatic N) is 1. The van der Waals surface area contributed by atoms with E-state index in [2.05, 4.69) is 5.32 Å². The summed E-state index contributed by atoms with van der Waals surface area (Å²) in [6.07, 6.45) is 0.218. The number of nitrogens with two attached hydrogens (primary N) is 1. The van der Waals surface area contributed by atoms with Crippen molar-refractivity contribution in [2.75, 3.05) is 5.73 Å². The van der Waals surface area contributed by atoms with Crippen LogP contribution in [-0.2, 0) is 9.59 Å². The molecule has 2 heterocycles. The van der Waals surface area contributed by atoms with Crippen LogP contribution in [0.15, 0.2) is 42.5 Å². The van der Waals surface area contributed by atoms with Gasteiger partial charge in [0.25, 0.3) is 11.8 Å². The Hall–Kier alpha value is -3.48. The molecule has 1 saturated heterocycles. The quantitative estimate of drug-likeness (QED) is 0.628. The number of hydrogen-bond acceptors (Lipinski definition) is 5. The Morgan fingerprint density at radius 2 is 1.69 bits per heavy atom. The van der Waals surface area contributed by atoms with Gasteiger partial charge in [-0.1, -0.05) is 24.3 Å². The molecular weight excluding hydrogens is 334 g/mol. The third kappa shape index (κ3) is 2.36. The van der Waals surface area contributed by atoms with Crippen molar-refractivity contribution in [1.82, 2.24) is 10.2 Å². The van der Waals surface area contributed by atoms with Crippen molar-refractivity contribution in [2.24, 2.45) is 0 Å². The molecule has 130 valence electrons. The highest BCUT2D eigenvalue weighted by Gasteiger charge is 2.45. The molecule has 7 heteroatoms. The summed E-state index contributed by atoms with van der Waals surface area (Å²) in [7, 11) is 0. The zero-order chi connectivity index (χ0) is 18.4. The molecule has 0 aromatic heterocycles. The Bertz CT molecular complexity index is 982. The molecule has 0 bridgehead atoms. The summed E-state index contributed by atoms with van der Waals surface area (Å²) in [6, 6.07) is 11.0. The van der Waals surface area contributed by atoms with Crippen molar-refractivity contribution in [1.29, 1.82) is 0 Å². The summed E-state index contributed by atoms with van der Waals surface area (Å²) >= 11 is 0. The average Bonchev–Trinajstić information content (AvgIpc) is 2.87. The highest BCUT2D eigenvalue weighted by atomic mass is 16.2. The number of rotatable bonds is 2. The van der Waals surface area contributed by atoms with Crippen molar-refractivity contribution in [3.63, 3.8) is 0 Å². The van der Waals surface area contributed by atoms with Gasteiger partial charge in [-0.15, -0.1) is 0 Å². The van der Waals surface area contributed by atoms with Crippen LogP contribution in [0.2, 0.25) is 0 Å². The van der Waals surface area contributed by atoms with Gasteiger partial charge in [0.2, 0.25) is 11.8 Å². The second kappa shape index (κ2) is 5.80. The predicted molar refractivity (Wildman–Crippen MR) is 93.0 cm³/mol. The van der Waals surface area contributed by atoms with Crippen molar-refractivity contribution < 1.29 is 19.2 Å². The van der Waals surface area contributed by atoms with E-state index in [1.807, 2.05) is 0 Å². The lowest BCUT2D eigenvalue weighted by Crippen LogP contribution is -2.54. The van der Waals surface area contributed by atoms with Crippen LogP contribution in [0.1, 0.15) is 33.6 Å². The number of carbonyl (C=O) groups is 4. The first-order valence-electron chi connectivity index (χ1n) is 8.18. The first kappa shape index (κ1) is 16.0. The van der Waals surface area contributed by atoms with Crippen LogP contribution < -0.4 is 11.1 Å². The smallest absolute Gasteiger partial charge is 0.262 e. The number of nitrogens with one attached hydrogen (secondary N) is 1. The highest BCUT2D eigenvalue weighted by Crippen LogP contribution is 2.35. The second-order valence-corrected chi connectivity index (χ2v) is 6.30. The van der Waals surface area contributed by atoms with Crippen molar-refractivity contribution >= 4 is 29.3 Å². The molecule has 1 fully saturated rings. The molecule has 0 radical (unpaired) electrons. The van der Waals surface area contributed by atoms with E-state index >= 15 is 0 Å². The number of anilines is 1. The second-order valence-electron chi connectivity index (χ2n) is 6.30. The van der Waals surface area contributed by atoms with Gasteiger partial charge < -0.3 is 5.73 Å². The maximum atomic E-state index is 13.0. The summed E-state index contributed by atoms with van der Waals surface area (Å²) in [5.74, 6) is -2.08. The molecule has 26 heavy (non-hydrogen) atoms. The minimum absolute atomic E-state index is 0.0892. The van der Waals surface area contributed by atoms with Crippen molar-refractivity contribution in [3.8, 4) is 11.1 Å². The monoisotopic (exact) mass is 349 g/mol. The van der Waals surface area contributed by atoms with Gasteiger partial charge in [-0.05, 0) is 35.7 Å². The lowest BCUT2D eigenvalue weighted by molar-refractivity contribution is -0.136. The molecular formula is C19H15N3O4. The number of imide groups is 2. The molecule has 2 aliphatic rings. The normalized spacial score (nSPS) is 19.5. The lowest BCUT2D eigenvalue weighted by atomic mass is 9.96. The Morgan fingerprint density at radius 3 is 2.42 bits per heavy atom. The zero-order valence-electron chi connectivity index (χ0n) is 13.7. The molecule has 1 atom stereocenters. The molecule has 0 saturated carbocycles. The number of amides is 4. The number of piperidine rings is 1. The van der Waals surface area contributed by atoms with E-state index in [4.69, 9.17) is 5.73 Å². The number of carbonyl (C=O) groups excluding carboxylic acids is 4. The maximum Gasteiger partial charge on any atom is 0.262 e. The SMILES string of the molecule is Nc1cccc(-c2cccc3c2C(=O)N(C2CCC(=O)NC2=O)C3=O)c1. The molecule has 2 aliphatic heterocycles. The van der Waals surface area contributed by atoms with E-state index in [9.17, 15) is 19.2 Å². The van der Waals surface area contributed by atoms with Gasteiger partial charge >= 0.3 is 0 Å². The van der Waals surface area contributed by atoms with E-state index in [1.54, 1.807) is 42.5 Å². The summed E-state index contributed by atoms with van der Waals surface area (Å²) < 4.78 is 0. The van der Waals surface area contributed by atoms with Gasteiger partial charge in [-0.3, -0.25) is 29.4 Å². The van der Waals surface area contributed by atoms with Gasteiger partial charge in [0.05, 0.1) is 11.1 Å². The third-order valence-corrected chi connectivity index (χ3v) is 4.67. The fourth-order valence-corrected chi connectivity index (χ4v) is 3.46. The van der Waals surface area contributed by atoms with Crippen LogP contribution in [-0.4, -0.2) is 34.6 Å². The van der Waals surface area contributed by atoms with E-state index in [0.29, 0.717) is 16.8 Å². The Balaban J connectivity index is 1.79. The average molecular weight is 349 g/mol. The van der Waals surface area contributed by atoms with Gasteiger partial charge in [0.15, 0.2) is 0 Å². The van der Waals surface area contributed by atoms with E-state index in [1.165, 1.54) is 0 Å². The minimum Gasteiger partial charge on any atom is -0.399 e. The van der Waals surface area contributed by atoms with Gasteiger partial charge in [0.1, 0.15) is 6.04 Å². The Labute approximate surface area is 148 Å². The van der Waals surface area contributed by atoms with E-state index in [0.717, 1.165) is 4.90 Å². The van der Waals surface area contributed by atoms with Crippen LogP contribution in [0.5, 0.6) is 0 Å². The molecule has 1 unspecified atom stereocenters. The standard InChI is InChI=1S/C19H15N3O4/c20-11-4-1-3-10(9-11)12-5-2-6-13-16(12)19(26)22(18(13)25)14-7-8-15(23)21-17(14)24/h1-6,9,14H,7-8,20H2,(H,21,23,24). The molecule has 0 spiro atoms. The lowest BCUT2D eigenvalue weighted by Gasteiger charge is -2.27. The highest BCUT2D eigenvalue weighted by molar-refractivity contribution is 6.25. The van der Waals surface area contributed by atoms with Crippen molar-refractivity contribution in [3.05, 3.63) is 53.6 Å². The van der Waals surface area contributed by atoms with E-state index in [-0.39, 0.29) is 24.0 Å². The molecule has 4 amide bonds. The molecule has 4 rings (SSSR count). The Kier molecular flexibility index (Phi) is 3.57. The summed E-state index contributed by atoms with van der Waals surface area (Å²) in [4.78, 5) is 50.3. The molecule has 7 nitrogen and oxygen atoms in total. The van der Waals surface area contributed by atoms with Crippen LogP contribution in [0.3, 0.4) is 0 Å². The van der Waals surface area contributed by atoms with Gasteiger partial charge in [-0.2, -0.15) is 0 Å². The first-order valence-corrected chi connectivity index (χ1v) is 8.18. The largest absolute Gasteiger partial charge is 0.399 e. The maximum absolute atomic E-state index is 13.0. The topological polar surface area (TPSA) is 110 Å². The van der Waals surface area contributed by atoms with Crippen molar-refractivity contribution in [2.45, 2.75) is 18.9 Å². The molecule has 3 N–H and O–H groups in total. The number of benzene rings is 2. The predicted octanol–water partition coefficient (Wildman–Crippen LogP) is 1.34. The third-order valence-electron chi connectivity index (χ3n) is 4.67. The number of hydrogen-bond donors (Lipinski definition) is 2.